The number of hydrogen-bond donors (Lipinski definition) is 1. The van der Waals surface area contributed by atoms with Crippen LogP contribution in [0.5, 0.6) is 5.75 Å². The molecule has 22 heavy (non-hydrogen) atoms. The van der Waals surface area contributed by atoms with Crippen molar-refractivity contribution in [2.75, 3.05) is 13.8 Å². The maximum Gasteiger partial charge on any atom is 0.327 e. The molecule has 0 saturated heterocycles. The molecular formula is C16H18NO4P. The zero-order valence-electron chi connectivity index (χ0n) is 12.5. The van der Waals surface area contributed by atoms with Crippen molar-refractivity contribution in [1.29, 1.82) is 0 Å². The highest BCUT2D eigenvalue weighted by Crippen LogP contribution is 2.42. The lowest BCUT2D eigenvalue weighted by Crippen LogP contribution is -2.34. The minimum atomic E-state index is -3.28. The summed E-state index contributed by atoms with van der Waals surface area (Å²) < 4.78 is 22.9. The Labute approximate surface area is 129 Å². The minimum Gasteiger partial charge on any atom is -0.468 e. The number of ether oxygens (including phenoxy) is 1. The lowest BCUT2D eigenvalue weighted by Gasteiger charge is -2.21. The number of carbonyl (C=O) groups is 1. The van der Waals surface area contributed by atoms with E-state index in [0.717, 1.165) is 10.8 Å². The van der Waals surface area contributed by atoms with Crippen LogP contribution in [-0.2, 0) is 14.1 Å². The molecule has 0 aliphatic heterocycles. The summed E-state index contributed by atoms with van der Waals surface area (Å²) >= 11 is 0. The van der Waals surface area contributed by atoms with Gasteiger partial charge in [-0.15, -0.1) is 6.58 Å². The highest BCUT2D eigenvalue weighted by Gasteiger charge is 2.26. The first-order valence-corrected chi connectivity index (χ1v) is 8.77. The Kier molecular flexibility index (Phi) is 5.01. The summed E-state index contributed by atoms with van der Waals surface area (Å²) in [5.74, 6) is -0.0808. The summed E-state index contributed by atoms with van der Waals surface area (Å²) in [6, 6.07) is 12.2. The second kappa shape index (κ2) is 6.77. The molecule has 0 amide bonds. The van der Waals surface area contributed by atoms with Crippen LogP contribution in [0.15, 0.2) is 55.1 Å². The fraction of sp³-hybridized carbons (Fsp3) is 0.188. The van der Waals surface area contributed by atoms with Crippen molar-refractivity contribution in [2.24, 2.45) is 0 Å². The molecule has 0 radical (unpaired) electrons. The van der Waals surface area contributed by atoms with Gasteiger partial charge < -0.3 is 9.26 Å². The standard InChI is InChI=1S/C16H18NO4P/c1-4-14(16(18)20-2)17-22(3,19)21-15-11-7-9-12-8-5-6-10-13(12)15/h4-11,14H,1H2,2-3H3,(H,17,19)/t14-,22?/m0/s1. The highest BCUT2D eigenvalue weighted by atomic mass is 31.2. The number of esters is 1. The molecule has 0 aromatic heterocycles. The van der Waals surface area contributed by atoms with Crippen molar-refractivity contribution < 1.29 is 18.6 Å². The monoisotopic (exact) mass is 319 g/mol. The van der Waals surface area contributed by atoms with Crippen LogP contribution in [-0.4, -0.2) is 25.8 Å². The number of fused-ring (bicyclic) bond motifs is 1. The number of benzene rings is 2. The predicted molar refractivity (Wildman–Crippen MR) is 87.2 cm³/mol. The molecule has 2 aromatic carbocycles. The predicted octanol–water partition coefficient (Wildman–Crippen LogP) is 3.36. The quantitative estimate of drug-likeness (QED) is 0.502. The normalized spacial score (nSPS) is 14.8. The van der Waals surface area contributed by atoms with Gasteiger partial charge in [-0.05, 0) is 11.5 Å². The second-order valence-electron chi connectivity index (χ2n) is 4.78. The van der Waals surface area contributed by atoms with Crippen molar-refractivity contribution in [3.8, 4) is 5.75 Å². The van der Waals surface area contributed by atoms with E-state index in [0.29, 0.717) is 5.75 Å². The van der Waals surface area contributed by atoms with Crippen LogP contribution in [0.1, 0.15) is 0 Å². The summed E-state index contributed by atoms with van der Waals surface area (Å²) in [7, 11) is -2.02. The lowest BCUT2D eigenvalue weighted by atomic mass is 10.1. The van der Waals surface area contributed by atoms with Gasteiger partial charge in [0.2, 0.25) is 0 Å². The van der Waals surface area contributed by atoms with Gasteiger partial charge in [0, 0.05) is 12.1 Å². The molecule has 0 aliphatic rings. The van der Waals surface area contributed by atoms with Crippen LogP contribution in [0.4, 0.5) is 0 Å². The van der Waals surface area contributed by atoms with Crippen LogP contribution < -0.4 is 9.61 Å². The first-order chi connectivity index (χ1) is 10.5. The second-order valence-corrected chi connectivity index (χ2v) is 6.91. The molecule has 116 valence electrons. The van der Waals surface area contributed by atoms with Gasteiger partial charge in [0.25, 0.3) is 0 Å². The molecule has 0 spiro atoms. The highest BCUT2D eigenvalue weighted by molar-refractivity contribution is 7.56. The molecule has 1 unspecified atom stereocenters. The summed E-state index contributed by atoms with van der Waals surface area (Å²) in [5.41, 5.74) is 0. The minimum absolute atomic E-state index is 0.490. The molecule has 2 aromatic rings. The van der Waals surface area contributed by atoms with Gasteiger partial charge in [0.05, 0.1) is 7.11 Å². The topological polar surface area (TPSA) is 64.6 Å². The first-order valence-electron chi connectivity index (χ1n) is 6.70. The van der Waals surface area contributed by atoms with Gasteiger partial charge in [-0.2, -0.15) is 0 Å². The third-order valence-corrected chi connectivity index (χ3v) is 4.38. The fourth-order valence-electron chi connectivity index (χ4n) is 2.07. The Bertz CT molecular complexity index is 739. The molecule has 0 heterocycles. The van der Waals surface area contributed by atoms with Gasteiger partial charge in [0.15, 0.2) is 0 Å². The van der Waals surface area contributed by atoms with Crippen molar-refractivity contribution in [2.45, 2.75) is 6.04 Å². The molecule has 0 saturated carbocycles. The van der Waals surface area contributed by atoms with Gasteiger partial charge in [-0.1, -0.05) is 42.5 Å². The van der Waals surface area contributed by atoms with E-state index < -0.39 is 19.5 Å². The van der Waals surface area contributed by atoms with Crippen LogP contribution in [0, 0.1) is 0 Å². The van der Waals surface area contributed by atoms with Crippen LogP contribution in [0.3, 0.4) is 0 Å². The van der Waals surface area contributed by atoms with E-state index in [1.165, 1.54) is 19.9 Å². The van der Waals surface area contributed by atoms with Crippen LogP contribution in [0.25, 0.3) is 10.8 Å². The Balaban J connectivity index is 2.25. The Morgan fingerprint density at radius 3 is 2.64 bits per heavy atom. The average molecular weight is 319 g/mol. The van der Waals surface area contributed by atoms with E-state index in [-0.39, 0.29) is 0 Å². The molecule has 6 heteroatoms. The van der Waals surface area contributed by atoms with E-state index in [1.54, 1.807) is 6.07 Å². The molecule has 5 nitrogen and oxygen atoms in total. The first kappa shape index (κ1) is 16.3. The van der Waals surface area contributed by atoms with Crippen molar-refractivity contribution in [1.82, 2.24) is 5.09 Å². The van der Waals surface area contributed by atoms with Gasteiger partial charge in [-0.3, -0.25) is 9.36 Å². The molecule has 0 bridgehead atoms. The SMILES string of the molecule is C=C[C@H](NP(C)(=O)Oc1cccc2ccccc12)C(=O)OC. The van der Waals surface area contributed by atoms with E-state index in [2.05, 4.69) is 16.4 Å². The zero-order chi connectivity index (χ0) is 16.2. The number of carbonyl (C=O) groups excluding carboxylic acids is 1. The van der Waals surface area contributed by atoms with E-state index in [4.69, 9.17) is 4.52 Å². The summed E-state index contributed by atoms with van der Waals surface area (Å²) in [4.78, 5) is 11.6. The number of hydrogen-bond acceptors (Lipinski definition) is 4. The summed E-state index contributed by atoms with van der Waals surface area (Å²) in [6.07, 6.45) is 1.33. The van der Waals surface area contributed by atoms with Gasteiger partial charge in [0.1, 0.15) is 11.8 Å². The average Bonchev–Trinajstić information content (AvgIpc) is 2.52. The Morgan fingerprint density at radius 1 is 1.27 bits per heavy atom. The summed E-state index contributed by atoms with van der Waals surface area (Å²) in [6.45, 7) is 4.94. The molecule has 2 atom stereocenters. The molecule has 1 N–H and O–H groups in total. The maximum absolute atomic E-state index is 12.6. The van der Waals surface area contributed by atoms with Crippen molar-refractivity contribution in [3.63, 3.8) is 0 Å². The van der Waals surface area contributed by atoms with E-state index >= 15 is 0 Å². The number of rotatable bonds is 6. The number of methoxy groups -OCH3 is 1. The molecule has 2 rings (SSSR count). The van der Waals surface area contributed by atoms with Gasteiger partial charge in [-0.25, -0.2) is 5.09 Å². The third-order valence-electron chi connectivity index (χ3n) is 3.09. The number of nitrogens with one attached hydrogen (secondary N) is 1. The summed E-state index contributed by atoms with van der Waals surface area (Å²) in [5, 5.41) is 4.48. The van der Waals surface area contributed by atoms with E-state index in [9.17, 15) is 9.36 Å². The van der Waals surface area contributed by atoms with Crippen LogP contribution in [0.2, 0.25) is 0 Å². The van der Waals surface area contributed by atoms with Crippen molar-refractivity contribution >= 4 is 24.3 Å². The Hall–Kier alpha value is -2.10. The third kappa shape index (κ3) is 3.75. The van der Waals surface area contributed by atoms with Crippen molar-refractivity contribution in [3.05, 3.63) is 55.1 Å². The lowest BCUT2D eigenvalue weighted by molar-refractivity contribution is -0.141. The fourth-order valence-corrected chi connectivity index (χ4v) is 3.37. The molecular weight excluding hydrogens is 301 g/mol. The zero-order valence-corrected chi connectivity index (χ0v) is 13.4. The van der Waals surface area contributed by atoms with Gasteiger partial charge >= 0.3 is 13.5 Å². The smallest absolute Gasteiger partial charge is 0.327 e. The largest absolute Gasteiger partial charge is 0.468 e. The van der Waals surface area contributed by atoms with Crippen LogP contribution >= 0.6 is 7.52 Å². The molecule has 0 aliphatic carbocycles. The Morgan fingerprint density at radius 2 is 1.95 bits per heavy atom. The maximum atomic E-state index is 12.6. The van der Waals surface area contributed by atoms with E-state index in [1.807, 2.05) is 36.4 Å². The molecule has 0 fully saturated rings.